The first kappa shape index (κ1) is 28.6. The normalized spacial score (nSPS) is 15.5. The molecule has 0 bridgehead atoms. The van der Waals surface area contributed by atoms with Gasteiger partial charge in [0.05, 0.1) is 28.8 Å². The van der Waals surface area contributed by atoms with Crippen LogP contribution in [0.3, 0.4) is 0 Å². The van der Waals surface area contributed by atoms with Crippen molar-refractivity contribution in [2.45, 2.75) is 56.2 Å². The number of aryl methyl sites for hydroxylation is 1. The summed E-state index contributed by atoms with van der Waals surface area (Å²) in [6, 6.07) is 22.1. The molecule has 1 aliphatic rings. The number of fused-ring (bicyclic) bond motifs is 1. The summed E-state index contributed by atoms with van der Waals surface area (Å²) in [6.45, 7) is 5.42. The van der Waals surface area contributed by atoms with Gasteiger partial charge >= 0.3 is 0 Å². The summed E-state index contributed by atoms with van der Waals surface area (Å²) in [5.41, 5.74) is 3.59. The summed E-state index contributed by atoms with van der Waals surface area (Å²) in [7, 11) is 0. The topological polar surface area (TPSA) is 102 Å². The molecule has 2 atom stereocenters. The zero-order valence-corrected chi connectivity index (χ0v) is 24.1. The molecular formula is C32H34N4O4S. The molecule has 0 spiro atoms. The van der Waals surface area contributed by atoms with Gasteiger partial charge in [-0.05, 0) is 73.7 Å². The zero-order chi connectivity index (χ0) is 28.8. The largest absolute Gasteiger partial charge is 0.376 e. The summed E-state index contributed by atoms with van der Waals surface area (Å²) in [6.07, 6.45) is 2.61. The van der Waals surface area contributed by atoms with Crippen molar-refractivity contribution in [1.29, 1.82) is 0 Å². The van der Waals surface area contributed by atoms with Crippen LogP contribution in [-0.4, -0.2) is 45.9 Å². The van der Waals surface area contributed by atoms with Crippen LogP contribution in [0.15, 0.2) is 82.7 Å². The fourth-order valence-electron chi connectivity index (χ4n) is 4.83. The molecule has 0 saturated carbocycles. The molecule has 41 heavy (non-hydrogen) atoms. The van der Waals surface area contributed by atoms with Gasteiger partial charge in [0.25, 0.3) is 11.5 Å². The average Bonchev–Trinajstić information content (AvgIpc) is 3.50. The highest BCUT2D eigenvalue weighted by Crippen LogP contribution is 2.27. The number of nitrogens with one attached hydrogen (secondary N) is 2. The molecule has 9 heteroatoms. The Hall–Kier alpha value is -3.95. The van der Waals surface area contributed by atoms with Crippen LogP contribution in [-0.2, 0) is 16.1 Å². The molecule has 1 aromatic heterocycles. The van der Waals surface area contributed by atoms with Crippen molar-refractivity contribution >= 4 is 40.2 Å². The van der Waals surface area contributed by atoms with Crippen LogP contribution < -0.4 is 16.2 Å². The Kier molecular flexibility index (Phi) is 9.16. The molecule has 212 valence electrons. The standard InChI is InChI=1S/C32H34N4O4S/c1-3-28(30(38)34-24-9-6-8-21(2)18-24)41-32-35-27-12-5-4-11-26(27)31(39)36(32)20-22-13-15-23(16-14-22)29(37)33-19-25-10-7-17-40-25/h4-6,8-9,11-16,18,25,28H,3,7,10,17,19-20H2,1-2H3,(H,33,37)(H,34,38)/t25-,28-/m0/s1. The third kappa shape index (κ3) is 7.04. The maximum Gasteiger partial charge on any atom is 0.262 e. The van der Waals surface area contributed by atoms with Gasteiger partial charge in [-0.3, -0.25) is 19.0 Å². The summed E-state index contributed by atoms with van der Waals surface area (Å²) in [4.78, 5) is 44.3. The van der Waals surface area contributed by atoms with E-state index in [1.807, 2.05) is 68.4 Å². The molecule has 0 aliphatic carbocycles. The van der Waals surface area contributed by atoms with Crippen molar-refractivity contribution in [2.24, 2.45) is 0 Å². The second-order valence-corrected chi connectivity index (χ2v) is 11.4. The van der Waals surface area contributed by atoms with E-state index in [0.717, 1.165) is 36.3 Å². The van der Waals surface area contributed by atoms with Gasteiger partial charge in [0.1, 0.15) is 0 Å². The molecule has 2 amide bonds. The van der Waals surface area contributed by atoms with Crippen molar-refractivity contribution in [1.82, 2.24) is 14.9 Å². The van der Waals surface area contributed by atoms with Crippen LogP contribution in [0.5, 0.6) is 0 Å². The lowest BCUT2D eigenvalue weighted by atomic mass is 10.1. The Morgan fingerprint density at radius 1 is 1.10 bits per heavy atom. The molecule has 8 nitrogen and oxygen atoms in total. The van der Waals surface area contributed by atoms with Crippen LogP contribution in [0.1, 0.15) is 47.7 Å². The summed E-state index contributed by atoms with van der Waals surface area (Å²) in [5.74, 6) is -0.298. The van der Waals surface area contributed by atoms with Gasteiger partial charge < -0.3 is 15.4 Å². The number of hydrogen-bond donors (Lipinski definition) is 2. The third-order valence-corrected chi connectivity index (χ3v) is 8.45. The Balaban J connectivity index is 1.37. The SMILES string of the molecule is CC[C@H](Sc1nc2ccccc2c(=O)n1Cc1ccc(C(=O)NC[C@@H]2CCCO2)cc1)C(=O)Nc1cccc(C)c1. The van der Waals surface area contributed by atoms with E-state index in [-0.39, 0.29) is 30.0 Å². The predicted octanol–water partition coefficient (Wildman–Crippen LogP) is 5.17. The second kappa shape index (κ2) is 13.1. The van der Waals surface area contributed by atoms with Crippen molar-refractivity contribution in [3.8, 4) is 0 Å². The van der Waals surface area contributed by atoms with Gasteiger partial charge in [0.2, 0.25) is 5.91 Å². The van der Waals surface area contributed by atoms with E-state index < -0.39 is 5.25 Å². The van der Waals surface area contributed by atoms with Gasteiger partial charge in [0, 0.05) is 24.4 Å². The lowest BCUT2D eigenvalue weighted by Crippen LogP contribution is -2.31. The lowest BCUT2D eigenvalue weighted by Gasteiger charge is -2.18. The van der Waals surface area contributed by atoms with Gasteiger partial charge in [-0.1, -0.05) is 55.1 Å². The van der Waals surface area contributed by atoms with Crippen LogP contribution >= 0.6 is 11.8 Å². The quantitative estimate of drug-likeness (QED) is 0.201. The van der Waals surface area contributed by atoms with E-state index >= 15 is 0 Å². The van der Waals surface area contributed by atoms with Crippen LogP contribution in [0.2, 0.25) is 0 Å². The molecule has 3 aromatic carbocycles. The van der Waals surface area contributed by atoms with Crippen molar-refractivity contribution in [2.75, 3.05) is 18.5 Å². The number of amides is 2. The maximum absolute atomic E-state index is 13.6. The minimum Gasteiger partial charge on any atom is -0.376 e. The fourth-order valence-corrected chi connectivity index (χ4v) is 5.84. The third-order valence-electron chi connectivity index (χ3n) is 7.09. The predicted molar refractivity (Wildman–Crippen MR) is 163 cm³/mol. The molecule has 2 N–H and O–H groups in total. The molecule has 5 rings (SSSR count). The number of anilines is 1. The molecule has 1 aliphatic heterocycles. The Bertz CT molecular complexity index is 1600. The first-order chi connectivity index (χ1) is 19.9. The number of rotatable bonds is 10. The number of aromatic nitrogens is 2. The number of ether oxygens (including phenoxy) is 1. The number of thioether (sulfide) groups is 1. The minimum absolute atomic E-state index is 0.0762. The van der Waals surface area contributed by atoms with Gasteiger partial charge in [-0.2, -0.15) is 0 Å². The van der Waals surface area contributed by atoms with Crippen molar-refractivity contribution in [3.05, 3.63) is 99.8 Å². The number of carbonyl (C=O) groups excluding carboxylic acids is 2. The number of nitrogens with zero attached hydrogens (tertiary/aromatic N) is 2. The summed E-state index contributed by atoms with van der Waals surface area (Å²) >= 11 is 1.29. The highest BCUT2D eigenvalue weighted by atomic mass is 32.2. The molecule has 1 saturated heterocycles. The van der Waals surface area contributed by atoms with Crippen LogP contribution in [0.25, 0.3) is 10.9 Å². The maximum atomic E-state index is 13.6. The van der Waals surface area contributed by atoms with Crippen molar-refractivity contribution < 1.29 is 14.3 Å². The zero-order valence-electron chi connectivity index (χ0n) is 23.3. The van der Waals surface area contributed by atoms with Crippen LogP contribution in [0, 0.1) is 6.92 Å². The monoisotopic (exact) mass is 570 g/mol. The smallest absolute Gasteiger partial charge is 0.262 e. The molecule has 4 aromatic rings. The Labute approximate surface area is 243 Å². The average molecular weight is 571 g/mol. The molecule has 0 radical (unpaired) electrons. The molecule has 0 unspecified atom stereocenters. The van der Waals surface area contributed by atoms with Crippen molar-refractivity contribution in [3.63, 3.8) is 0 Å². The number of para-hydroxylation sites is 1. The number of hydrogen-bond acceptors (Lipinski definition) is 6. The Morgan fingerprint density at radius 2 is 1.90 bits per heavy atom. The highest BCUT2D eigenvalue weighted by molar-refractivity contribution is 8.00. The minimum atomic E-state index is -0.454. The van der Waals surface area contributed by atoms with Crippen LogP contribution in [0.4, 0.5) is 5.69 Å². The first-order valence-electron chi connectivity index (χ1n) is 13.9. The van der Waals surface area contributed by atoms with E-state index in [4.69, 9.17) is 9.72 Å². The second-order valence-electron chi connectivity index (χ2n) is 10.2. The number of carbonyl (C=O) groups is 2. The van der Waals surface area contributed by atoms with E-state index in [0.29, 0.717) is 34.6 Å². The Morgan fingerprint density at radius 3 is 2.63 bits per heavy atom. The lowest BCUT2D eigenvalue weighted by molar-refractivity contribution is -0.115. The summed E-state index contributed by atoms with van der Waals surface area (Å²) < 4.78 is 7.20. The molecule has 2 heterocycles. The number of benzene rings is 3. The fraction of sp³-hybridized carbons (Fsp3) is 0.312. The molecular weight excluding hydrogens is 536 g/mol. The molecule has 1 fully saturated rings. The van der Waals surface area contributed by atoms with E-state index in [2.05, 4.69) is 10.6 Å². The van der Waals surface area contributed by atoms with Gasteiger partial charge in [-0.25, -0.2) is 4.98 Å². The van der Waals surface area contributed by atoms with E-state index in [1.165, 1.54) is 11.8 Å². The van der Waals surface area contributed by atoms with E-state index in [9.17, 15) is 14.4 Å². The van der Waals surface area contributed by atoms with Gasteiger partial charge in [-0.15, -0.1) is 0 Å². The van der Waals surface area contributed by atoms with E-state index in [1.54, 1.807) is 22.8 Å². The van der Waals surface area contributed by atoms with Gasteiger partial charge in [0.15, 0.2) is 5.16 Å². The highest BCUT2D eigenvalue weighted by Gasteiger charge is 2.23. The first-order valence-corrected chi connectivity index (χ1v) is 14.8. The summed E-state index contributed by atoms with van der Waals surface area (Å²) in [5, 5.41) is 6.47.